The average Bonchev–Trinajstić information content (AvgIpc) is 2.37. The van der Waals surface area contributed by atoms with E-state index in [0.29, 0.717) is 10.2 Å². The van der Waals surface area contributed by atoms with Gasteiger partial charge in [0.2, 0.25) is 5.75 Å². The van der Waals surface area contributed by atoms with Crippen molar-refractivity contribution in [3.05, 3.63) is 56.8 Å². The first-order chi connectivity index (χ1) is 9.99. The van der Waals surface area contributed by atoms with Gasteiger partial charge < -0.3 is 9.47 Å². The molecule has 0 aromatic heterocycles. The molecule has 0 saturated heterocycles. The van der Waals surface area contributed by atoms with Crippen molar-refractivity contribution in [1.29, 1.82) is 0 Å². The zero-order chi connectivity index (χ0) is 15.4. The Kier molecular flexibility index (Phi) is 4.74. The first-order valence-corrected chi connectivity index (χ1v) is 6.84. The fraction of sp³-hybridized carbons (Fsp3) is 0.143. The smallest absolute Gasteiger partial charge is 0.311 e. The molecule has 0 fully saturated rings. The van der Waals surface area contributed by atoms with Crippen LogP contribution in [0.2, 0.25) is 0 Å². The first kappa shape index (κ1) is 15.2. The molecule has 0 aliphatic heterocycles. The van der Waals surface area contributed by atoms with Crippen molar-refractivity contribution in [2.75, 3.05) is 6.61 Å². The topological polar surface area (TPSA) is 61.6 Å². The maximum absolute atomic E-state index is 13.3. The van der Waals surface area contributed by atoms with Crippen LogP contribution >= 0.6 is 15.9 Å². The molecule has 0 atom stereocenters. The summed E-state index contributed by atoms with van der Waals surface area (Å²) in [4.78, 5) is 10.4. The van der Waals surface area contributed by atoms with Gasteiger partial charge in [0.1, 0.15) is 17.3 Å². The van der Waals surface area contributed by atoms with E-state index in [9.17, 15) is 14.5 Å². The summed E-state index contributed by atoms with van der Waals surface area (Å²) in [6.07, 6.45) is 0. The monoisotopic (exact) mass is 355 g/mol. The molecule has 0 bridgehead atoms. The number of hydrogen-bond acceptors (Lipinski definition) is 4. The molecule has 0 spiro atoms. The number of rotatable bonds is 5. The Hall–Kier alpha value is -2.15. The average molecular weight is 356 g/mol. The molecule has 0 heterocycles. The number of benzene rings is 2. The Morgan fingerprint density at radius 2 is 2.00 bits per heavy atom. The van der Waals surface area contributed by atoms with E-state index in [2.05, 4.69) is 15.9 Å². The molecule has 0 unspecified atom stereocenters. The van der Waals surface area contributed by atoms with Gasteiger partial charge in [0.05, 0.1) is 11.5 Å². The number of nitro benzene ring substituents is 1. The zero-order valence-electron chi connectivity index (χ0n) is 11.0. The van der Waals surface area contributed by atoms with Crippen LogP contribution in [-0.2, 0) is 0 Å². The number of nitro groups is 1. The van der Waals surface area contributed by atoms with E-state index in [4.69, 9.17) is 9.47 Å². The van der Waals surface area contributed by atoms with Gasteiger partial charge in [0.15, 0.2) is 0 Å². The molecule has 2 aromatic rings. The van der Waals surface area contributed by atoms with Gasteiger partial charge in [-0.2, -0.15) is 0 Å². The van der Waals surface area contributed by atoms with Gasteiger partial charge >= 0.3 is 5.69 Å². The lowest BCUT2D eigenvalue weighted by molar-refractivity contribution is -0.385. The molecule has 0 N–H and O–H groups in total. The molecule has 7 heteroatoms. The van der Waals surface area contributed by atoms with Crippen molar-refractivity contribution in [2.45, 2.75) is 6.92 Å². The summed E-state index contributed by atoms with van der Waals surface area (Å²) in [6, 6.07) is 8.22. The van der Waals surface area contributed by atoms with Crippen LogP contribution in [0.1, 0.15) is 6.92 Å². The van der Waals surface area contributed by atoms with Crippen molar-refractivity contribution < 1.29 is 18.8 Å². The molecule has 2 aromatic carbocycles. The highest BCUT2D eigenvalue weighted by atomic mass is 79.9. The second kappa shape index (κ2) is 6.53. The summed E-state index contributed by atoms with van der Waals surface area (Å²) >= 11 is 3.16. The van der Waals surface area contributed by atoms with E-state index in [1.165, 1.54) is 30.3 Å². The van der Waals surface area contributed by atoms with Crippen LogP contribution in [-0.4, -0.2) is 11.5 Å². The third-order valence-corrected chi connectivity index (χ3v) is 2.96. The van der Waals surface area contributed by atoms with Gasteiger partial charge in [-0.3, -0.25) is 10.1 Å². The van der Waals surface area contributed by atoms with E-state index >= 15 is 0 Å². The molecule has 0 radical (unpaired) electrons. The molecule has 110 valence electrons. The van der Waals surface area contributed by atoms with Gasteiger partial charge in [-0.1, -0.05) is 15.9 Å². The molecule has 0 aliphatic carbocycles. The summed E-state index contributed by atoms with van der Waals surface area (Å²) in [6.45, 7) is 2.01. The van der Waals surface area contributed by atoms with Crippen molar-refractivity contribution in [1.82, 2.24) is 0 Å². The second-order valence-corrected chi connectivity index (χ2v) is 4.94. The van der Waals surface area contributed by atoms with Crippen LogP contribution in [0.5, 0.6) is 17.2 Å². The molecule has 21 heavy (non-hydrogen) atoms. The lowest BCUT2D eigenvalue weighted by Crippen LogP contribution is -1.98. The first-order valence-electron chi connectivity index (χ1n) is 6.04. The van der Waals surface area contributed by atoms with E-state index in [0.717, 1.165) is 0 Å². The quantitative estimate of drug-likeness (QED) is 0.576. The standard InChI is InChI=1S/C14H11BrFNO4/c1-2-20-14-8-11(3-4-13(14)17(18)19)21-12-6-9(15)5-10(16)7-12/h3-8H,2H2,1H3. The zero-order valence-corrected chi connectivity index (χ0v) is 12.6. The summed E-state index contributed by atoms with van der Waals surface area (Å²) in [7, 11) is 0. The van der Waals surface area contributed by atoms with Crippen LogP contribution in [0.3, 0.4) is 0 Å². The van der Waals surface area contributed by atoms with Crippen LogP contribution < -0.4 is 9.47 Å². The normalized spacial score (nSPS) is 10.2. The number of ether oxygens (including phenoxy) is 2. The largest absolute Gasteiger partial charge is 0.487 e. The third-order valence-electron chi connectivity index (χ3n) is 2.50. The summed E-state index contributed by atoms with van der Waals surface area (Å²) in [5.74, 6) is 0.251. The number of nitrogens with zero attached hydrogens (tertiary/aromatic N) is 1. The van der Waals surface area contributed by atoms with Gasteiger partial charge in [-0.15, -0.1) is 0 Å². The van der Waals surface area contributed by atoms with Crippen molar-refractivity contribution >= 4 is 21.6 Å². The van der Waals surface area contributed by atoms with Crippen LogP contribution in [0.4, 0.5) is 10.1 Å². The lowest BCUT2D eigenvalue weighted by Gasteiger charge is -2.09. The van der Waals surface area contributed by atoms with Crippen molar-refractivity contribution in [2.24, 2.45) is 0 Å². The fourth-order valence-corrected chi connectivity index (χ4v) is 2.15. The van der Waals surface area contributed by atoms with E-state index < -0.39 is 10.7 Å². The minimum absolute atomic E-state index is 0.107. The van der Waals surface area contributed by atoms with Gasteiger partial charge in [-0.05, 0) is 25.1 Å². The second-order valence-electron chi connectivity index (χ2n) is 4.03. The Bertz CT molecular complexity index is 658. The maximum Gasteiger partial charge on any atom is 0.311 e. The van der Waals surface area contributed by atoms with Crippen molar-refractivity contribution in [3.8, 4) is 17.2 Å². The maximum atomic E-state index is 13.3. The highest BCUT2D eigenvalue weighted by molar-refractivity contribution is 9.10. The molecule has 5 nitrogen and oxygen atoms in total. The van der Waals surface area contributed by atoms with E-state index in [1.54, 1.807) is 13.0 Å². The Morgan fingerprint density at radius 1 is 1.24 bits per heavy atom. The van der Waals surface area contributed by atoms with E-state index in [1.807, 2.05) is 0 Å². The molecule has 0 saturated carbocycles. The van der Waals surface area contributed by atoms with Crippen LogP contribution in [0.15, 0.2) is 40.9 Å². The van der Waals surface area contributed by atoms with Crippen LogP contribution in [0, 0.1) is 15.9 Å². The highest BCUT2D eigenvalue weighted by Crippen LogP contribution is 2.34. The predicted octanol–water partition coefficient (Wildman–Crippen LogP) is 4.69. The summed E-state index contributed by atoms with van der Waals surface area (Å²) in [5.41, 5.74) is -0.148. The lowest BCUT2D eigenvalue weighted by atomic mass is 10.2. The highest BCUT2D eigenvalue weighted by Gasteiger charge is 2.16. The molecule has 2 rings (SSSR count). The summed E-state index contributed by atoms with van der Waals surface area (Å²) in [5, 5.41) is 10.9. The van der Waals surface area contributed by atoms with Gasteiger partial charge in [0.25, 0.3) is 0 Å². The number of hydrogen-bond donors (Lipinski definition) is 0. The van der Waals surface area contributed by atoms with E-state index in [-0.39, 0.29) is 23.8 Å². The molecular weight excluding hydrogens is 345 g/mol. The summed E-state index contributed by atoms with van der Waals surface area (Å²) < 4.78 is 24.5. The van der Waals surface area contributed by atoms with Gasteiger partial charge in [0, 0.05) is 22.7 Å². The third kappa shape index (κ3) is 3.91. The SMILES string of the molecule is CCOc1cc(Oc2cc(F)cc(Br)c2)ccc1[N+](=O)[O-]. The number of halogens is 2. The minimum atomic E-state index is -0.534. The van der Waals surface area contributed by atoms with Crippen molar-refractivity contribution in [3.63, 3.8) is 0 Å². The Labute approximate surface area is 128 Å². The predicted molar refractivity (Wildman–Crippen MR) is 78.4 cm³/mol. The van der Waals surface area contributed by atoms with Gasteiger partial charge in [-0.25, -0.2) is 4.39 Å². The van der Waals surface area contributed by atoms with Crippen LogP contribution in [0.25, 0.3) is 0 Å². The molecule has 0 amide bonds. The molecule has 0 aliphatic rings. The molecular formula is C14H11BrFNO4. The Balaban J connectivity index is 2.32. The fourth-order valence-electron chi connectivity index (χ4n) is 1.70. The Morgan fingerprint density at radius 3 is 2.62 bits per heavy atom. The minimum Gasteiger partial charge on any atom is -0.487 e.